The van der Waals surface area contributed by atoms with E-state index in [0.717, 1.165) is 13.1 Å². The average Bonchev–Trinajstić information content (AvgIpc) is 2.38. The molecule has 2 heterocycles. The van der Waals surface area contributed by atoms with Gasteiger partial charge in [0.1, 0.15) is 0 Å². The van der Waals surface area contributed by atoms with Gasteiger partial charge in [-0.3, -0.25) is 0 Å². The minimum absolute atomic E-state index is 0.414. The maximum atomic E-state index is 5.24. The predicted molar refractivity (Wildman–Crippen MR) is 59.3 cm³/mol. The van der Waals surface area contributed by atoms with Crippen molar-refractivity contribution in [1.82, 2.24) is 20.4 Å². The van der Waals surface area contributed by atoms with E-state index in [9.17, 15) is 0 Å². The number of anilines is 2. The van der Waals surface area contributed by atoms with E-state index in [1.165, 1.54) is 0 Å². The van der Waals surface area contributed by atoms with Gasteiger partial charge >= 0.3 is 0 Å². The molecule has 1 aliphatic heterocycles. The minimum Gasteiger partial charge on any atom is -0.378 e. The van der Waals surface area contributed by atoms with E-state index >= 15 is 0 Å². The highest BCUT2D eigenvalue weighted by Crippen LogP contribution is 2.07. The molecule has 1 saturated heterocycles. The SMILES string of the molecule is C=CCNc1nnc(N2CCOCC2)nn1. The summed E-state index contributed by atoms with van der Waals surface area (Å²) in [4.78, 5) is 2.00. The number of hydrogen-bond donors (Lipinski definition) is 1. The fourth-order valence-electron chi connectivity index (χ4n) is 1.35. The van der Waals surface area contributed by atoms with Gasteiger partial charge < -0.3 is 15.0 Å². The highest BCUT2D eigenvalue weighted by Gasteiger charge is 2.14. The lowest BCUT2D eigenvalue weighted by Crippen LogP contribution is -2.37. The lowest BCUT2D eigenvalue weighted by atomic mass is 10.4. The van der Waals surface area contributed by atoms with Crippen molar-refractivity contribution in [3.8, 4) is 0 Å². The first-order valence-corrected chi connectivity index (χ1v) is 5.15. The molecule has 0 aromatic carbocycles. The largest absolute Gasteiger partial charge is 0.378 e. The number of nitrogens with one attached hydrogen (secondary N) is 1. The first-order chi connectivity index (χ1) is 7.90. The quantitative estimate of drug-likeness (QED) is 0.701. The van der Waals surface area contributed by atoms with Crippen molar-refractivity contribution in [1.29, 1.82) is 0 Å². The molecule has 0 aliphatic carbocycles. The third-order valence-electron chi connectivity index (χ3n) is 2.17. The van der Waals surface area contributed by atoms with Gasteiger partial charge in [0, 0.05) is 19.6 Å². The summed E-state index contributed by atoms with van der Waals surface area (Å²) in [7, 11) is 0. The van der Waals surface area contributed by atoms with Gasteiger partial charge in [-0.1, -0.05) is 6.08 Å². The van der Waals surface area contributed by atoms with Crippen LogP contribution in [-0.2, 0) is 4.74 Å². The molecule has 0 saturated carbocycles. The molecule has 0 spiro atoms. The van der Waals surface area contributed by atoms with Gasteiger partial charge in [-0.25, -0.2) is 0 Å². The predicted octanol–water partition coefficient (Wildman–Crippen LogP) is -0.299. The Balaban J connectivity index is 1.97. The van der Waals surface area contributed by atoms with Gasteiger partial charge in [0.05, 0.1) is 13.2 Å². The molecule has 86 valence electrons. The molecule has 2 rings (SSSR count). The van der Waals surface area contributed by atoms with Crippen LogP contribution in [0.3, 0.4) is 0 Å². The maximum absolute atomic E-state index is 5.24. The first kappa shape index (κ1) is 10.7. The van der Waals surface area contributed by atoms with Crippen LogP contribution in [0.25, 0.3) is 0 Å². The van der Waals surface area contributed by atoms with Crippen LogP contribution in [0, 0.1) is 0 Å². The van der Waals surface area contributed by atoms with Crippen LogP contribution in [-0.4, -0.2) is 53.2 Å². The molecule has 1 aromatic rings. The molecule has 16 heavy (non-hydrogen) atoms. The molecule has 0 amide bonds. The van der Waals surface area contributed by atoms with E-state index < -0.39 is 0 Å². The van der Waals surface area contributed by atoms with Crippen molar-refractivity contribution in [2.45, 2.75) is 0 Å². The molecule has 7 heteroatoms. The average molecular weight is 222 g/mol. The van der Waals surface area contributed by atoms with Gasteiger partial charge in [0.2, 0.25) is 0 Å². The zero-order valence-electron chi connectivity index (χ0n) is 8.96. The number of aromatic nitrogens is 4. The van der Waals surface area contributed by atoms with Crippen LogP contribution in [0.5, 0.6) is 0 Å². The van der Waals surface area contributed by atoms with Gasteiger partial charge in [-0.05, 0) is 0 Å². The molecule has 0 unspecified atom stereocenters. The van der Waals surface area contributed by atoms with Crippen molar-refractivity contribution in [3.05, 3.63) is 12.7 Å². The van der Waals surface area contributed by atoms with E-state index in [4.69, 9.17) is 4.74 Å². The first-order valence-electron chi connectivity index (χ1n) is 5.15. The molecular weight excluding hydrogens is 208 g/mol. The lowest BCUT2D eigenvalue weighted by molar-refractivity contribution is 0.122. The number of nitrogens with zero attached hydrogens (tertiary/aromatic N) is 5. The highest BCUT2D eigenvalue weighted by atomic mass is 16.5. The van der Waals surface area contributed by atoms with Crippen LogP contribution in [0.1, 0.15) is 0 Å². The summed E-state index contributed by atoms with van der Waals surface area (Å²) in [6.07, 6.45) is 1.72. The molecule has 1 fully saturated rings. The summed E-state index contributed by atoms with van der Waals surface area (Å²) in [6.45, 7) is 7.13. The second-order valence-electron chi connectivity index (χ2n) is 3.29. The molecule has 1 N–H and O–H groups in total. The molecule has 1 aromatic heterocycles. The molecule has 0 bridgehead atoms. The van der Waals surface area contributed by atoms with Crippen molar-refractivity contribution in [2.75, 3.05) is 43.1 Å². The summed E-state index contributed by atoms with van der Waals surface area (Å²) in [5.41, 5.74) is 0. The number of hydrogen-bond acceptors (Lipinski definition) is 7. The van der Waals surface area contributed by atoms with Gasteiger partial charge in [0.25, 0.3) is 11.9 Å². The van der Waals surface area contributed by atoms with E-state index in [-0.39, 0.29) is 0 Å². The number of rotatable bonds is 4. The van der Waals surface area contributed by atoms with E-state index in [2.05, 4.69) is 32.3 Å². The highest BCUT2D eigenvalue weighted by molar-refractivity contribution is 5.29. The molecule has 0 atom stereocenters. The van der Waals surface area contributed by atoms with Gasteiger partial charge in [-0.2, -0.15) is 0 Å². The zero-order valence-corrected chi connectivity index (χ0v) is 8.96. The molecule has 0 radical (unpaired) electrons. The Morgan fingerprint density at radius 2 is 1.94 bits per heavy atom. The third kappa shape index (κ3) is 2.63. The summed E-state index contributed by atoms with van der Waals surface area (Å²) in [5, 5.41) is 18.8. The molecule has 1 aliphatic rings. The fraction of sp³-hybridized carbons (Fsp3) is 0.556. The van der Waals surface area contributed by atoms with Gasteiger partial charge in [-0.15, -0.1) is 27.0 Å². The van der Waals surface area contributed by atoms with E-state index in [1.807, 2.05) is 4.90 Å². The van der Waals surface area contributed by atoms with Crippen LogP contribution in [0.15, 0.2) is 12.7 Å². The summed E-state index contributed by atoms with van der Waals surface area (Å²) < 4.78 is 5.24. The Bertz CT molecular complexity index is 334. The Morgan fingerprint density at radius 3 is 2.56 bits per heavy atom. The van der Waals surface area contributed by atoms with Gasteiger partial charge in [0.15, 0.2) is 0 Å². The van der Waals surface area contributed by atoms with Crippen molar-refractivity contribution in [3.63, 3.8) is 0 Å². The zero-order chi connectivity index (χ0) is 11.2. The summed E-state index contributed by atoms with van der Waals surface area (Å²) in [5.74, 6) is 0.962. The second kappa shape index (κ2) is 5.36. The molecule has 7 nitrogen and oxygen atoms in total. The Hall–Kier alpha value is -1.76. The Morgan fingerprint density at radius 1 is 1.25 bits per heavy atom. The van der Waals surface area contributed by atoms with Crippen LogP contribution < -0.4 is 10.2 Å². The Kier molecular flexibility index (Phi) is 3.60. The van der Waals surface area contributed by atoms with Crippen molar-refractivity contribution in [2.24, 2.45) is 0 Å². The number of morpholine rings is 1. The summed E-state index contributed by atoms with van der Waals surface area (Å²) in [6, 6.07) is 0. The number of ether oxygens (including phenoxy) is 1. The fourth-order valence-corrected chi connectivity index (χ4v) is 1.35. The van der Waals surface area contributed by atoms with Crippen LogP contribution in [0.4, 0.5) is 11.9 Å². The maximum Gasteiger partial charge on any atom is 0.265 e. The van der Waals surface area contributed by atoms with Crippen molar-refractivity contribution >= 4 is 11.9 Å². The minimum atomic E-state index is 0.414. The Labute approximate surface area is 93.5 Å². The normalized spacial score (nSPS) is 15.9. The lowest BCUT2D eigenvalue weighted by Gasteiger charge is -2.25. The second-order valence-corrected chi connectivity index (χ2v) is 3.29. The monoisotopic (exact) mass is 222 g/mol. The van der Waals surface area contributed by atoms with Crippen LogP contribution in [0.2, 0.25) is 0 Å². The smallest absolute Gasteiger partial charge is 0.265 e. The molecular formula is C9H14N6O. The standard InChI is InChI=1S/C9H14N6O/c1-2-3-10-8-11-13-9(14-12-8)15-4-6-16-7-5-15/h2H,1,3-7H2,(H,10,11,12). The van der Waals surface area contributed by atoms with Crippen molar-refractivity contribution < 1.29 is 4.74 Å². The van der Waals surface area contributed by atoms with Crippen LogP contribution >= 0.6 is 0 Å². The van der Waals surface area contributed by atoms with E-state index in [0.29, 0.717) is 31.7 Å². The topological polar surface area (TPSA) is 76.1 Å². The van der Waals surface area contributed by atoms with E-state index in [1.54, 1.807) is 6.08 Å². The third-order valence-corrected chi connectivity index (χ3v) is 2.17. The summed E-state index contributed by atoms with van der Waals surface area (Å²) >= 11 is 0.